The Balaban J connectivity index is 0.00000150. The van der Waals surface area contributed by atoms with E-state index in [0.29, 0.717) is 6.54 Å². The maximum Gasteiger partial charge on any atom is 0.246 e. The van der Waals surface area contributed by atoms with Crippen LogP contribution in [0.4, 0.5) is 0 Å². The van der Waals surface area contributed by atoms with E-state index in [-0.39, 0.29) is 60.7 Å². The Bertz CT molecular complexity index is 738. The van der Waals surface area contributed by atoms with Crippen LogP contribution in [0.25, 0.3) is 0 Å². The summed E-state index contributed by atoms with van der Waals surface area (Å²) in [5, 5.41) is 0.733. The van der Waals surface area contributed by atoms with Crippen LogP contribution in [0, 0.1) is 0 Å². The molecule has 0 aromatic heterocycles. The Morgan fingerprint density at radius 3 is 2.45 bits per heavy atom. The van der Waals surface area contributed by atoms with E-state index >= 15 is 0 Å². The van der Waals surface area contributed by atoms with Crippen molar-refractivity contribution < 1.29 is 9.59 Å². The first kappa shape index (κ1) is 24.3. The van der Waals surface area contributed by atoms with Gasteiger partial charge in [-0.1, -0.05) is 23.7 Å². The molecular formula is C21H30Cl3N3O2. The lowest BCUT2D eigenvalue weighted by Crippen LogP contribution is -2.63. The number of rotatable bonds is 3. The molecule has 1 aliphatic carbocycles. The van der Waals surface area contributed by atoms with Crippen molar-refractivity contribution in [1.29, 1.82) is 0 Å². The summed E-state index contributed by atoms with van der Waals surface area (Å²) in [6.07, 6.45) is 6.46. The summed E-state index contributed by atoms with van der Waals surface area (Å²) in [5.41, 5.74) is 7.30. The lowest BCUT2D eigenvalue weighted by molar-refractivity contribution is -0.160. The number of carbonyl (C=O) groups excluding carboxylic acids is 2. The molecule has 2 aliphatic heterocycles. The first-order valence-electron chi connectivity index (χ1n) is 10.1. The average molecular weight is 463 g/mol. The molecule has 8 heteroatoms. The van der Waals surface area contributed by atoms with E-state index in [9.17, 15) is 9.59 Å². The SMILES string of the molecule is Cl.Cl.NC[C@]1(c2cccc(Cl)c2)CC[C@@H](N2CC(=O)N3CCCC[C@H]3C2=O)CC1. The van der Waals surface area contributed by atoms with Gasteiger partial charge in [-0.25, -0.2) is 0 Å². The van der Waals surface area contributed by atoms with Crippen LogP contribution in [0.2, 0.25) is 5.02 Å². The van der Waals surface area contributed by atoms with Crippen LogP contribution < -0.4 is 5.73 Å². The fraction of sp³-hybridized carbons (Fsp3) is 0.619. The minimum Gasteiger partial charge on any atom is -0.330 e. The Hall–Kier alpha value is -1.01. The van der Waals surface area contributed by atoms with Crippen LogP contribution in [0.15, 0.2) is 24.3 Å². The van der Waals surface area contributed by atoms with Crippen molar-refractivity contribution >= 4 is 48.2 Å². The molecular weight excluding hydrogens is 433 g/mol. The molecule has 29 heavy (non-hydrogen) atoms. The van der Waals surface area contributed by atoms with E-state index in [1.54, 1.807) is 4.90 Å². The predicted molar refractivity (Wildman–Crippen MR) is 120 cm³/mol. The molecule has 0 radical (unpaired) electrons. The molecule has 0 unspecified atom stereocenters. The molecule has 2 saturated heterocycles. The minimum atomic E-state index is -0.228. The monoisotopic (exact) mass is 461 g/mol. The van der Waals surface area contributed by atoms with Crippen molar-refractivity contribution in [3.63, 3.8) is 0 Å². The average Bonchev–Trinajstić information content (AvgIpc) is 2.71. The van der Waals surface area contributed by atoms with Gasteiger partial charge in [0.15, 0.2) is 0 Å². The molecule has 1 aromatic rings. The van der Waals surface area contributed by atoms with E-state index in [0.717, 1.165) is 56.5 Å². The number of piperidine rings is 1. The van der Waals surface area contributed by atoms with Crippen molar-refractivity contribution in [2.24, 2.45) is 5.73 Å². The number of halogens is 3. The third-order valence-electron chi connectivity index (χ3n) is 6.88. The lowest BCUT2D eigenvalue weighted by atomic mass is 9.68. The molecule has 0 spiro atoms. The quantitative estimate of drug-likeness (QED) is 0.747. The van der Waals surface area contributed by atoms with Gasteiger partial charge in [-0.3, -0.25) is 9.59 Å². The number of piperazine rings is 1. The number of nitrogens with two attached hydrogens (primary N) is 1. The molecule has 1 atom stereocenters. The summed E-state index contributed by atoms with van der Waals surface area (Å²) in [4.78, 5) is 29.3. The van der Waals surface area contributed by atoms with Crippen LogP contribution in [-0.4, -0.2) is 53.3 Å². The van der Waals surface area contributed by atoms with Crippen molar-refractivity contribution in [2.75, 3.05) is 19.6 Å². The Kier molecular flexibility index (Phi) is 8.25. The Morgan fingerprint density at radius 2 is 1.79 bits per heavy atom. The van der Waals surface area contributed by atoms with Crippen molar-refractivity contribution in [3.05, 3.63) is 34.9 Å². The summed E-state index contributed by atoms with van der Waals surface area (Å²) in [7, 11) is 0. The molecule has 2 N–H and O–H groups in total. The van der Waals surface area contributed by atoms with Crippen LogP contribution in [-0.2, 0) is 15.0 Å². The standard InChI is InChI=1S/C21H28ClN3O2.2ClH/c22-16-5-3-4-15(12-16)21(14-23)9-7-17(8-10-21)25-13-19(26)24-11-2-1-6-18(24)20(25)27;;/h3-5,12,17-18H,1-2,6-11,13-14,23H2;2*1H/t17-,18-,21+;;/m0../s1. The molecule has 1 saturated carbocycles. The van der Waals surface area contributed by atoms with Gasteiger partial charge in [0.2, 0.25) is 11.8 Å². The molecule has 2 amide bonds. The molecule has 1 aromatic carbocycles. The third kappa shape index (κ3) is 4.53. The summed E-state index contributed by atoms with van der Waals surface area (Å²) < 4.78 is 0. The summed E-state index contributed by atoms with van der Waals surface area (Å²) in [5.74, 6) is 0.270. The lowest BCUT2D eigenvalue weighted by Gasteiger charge is -2.48. The molecule has 2 heterocycles. The van der Waals surface area contributed by atoms with Crippen molar-refractivity contribution in [2.45, 2.75) is 62.4 Å². The largest absolute Gasteiger partial charge is 0.330 e. The second kappa shape index (κ2) is 9.86. The topological polar surface area (TPSA) is 66.6 Å². The molecule has 3 fully saturated rings. The van der Waals surface area contributed by atoms with Gasteiger partial charge in [0.25, 0.3) is 0 Å². The Labute approximate surface area is 190 Å². The molecule has 162 valence electrons. The van der Waals surface area contributed by atoms with Crippen molar-refractivity contribution in [3.8, 4) is 0 Å². The van der Waals surface area contributed by atoms with Crippen LogP contribution >= 0.6 is 36.4 Å². The van der Waals surface area contributed by atoms with Gasteiger partial charge in [0, 0.05) is 29.6 Å². The summed E-state index contributed by atoms with van der Waals surface area (Å²) in [6.45, 7) is 1.55. The number of hydrogen-bond acceptors (Lipinski definition) is 3. The summed E-state index contributed by atoms with van der Waals surface area (Å²) in [6, 6.07) is 7.90. The normalized spacial score (nSPS) is 29.6. The minimum absolute atomic E-state index is 0. The fourth-order valence-corrected chi connectivity index (χ4v) is 5.39. The van der Waals surface area contributed by atoms with E-state index in [2.05, 4.69) is 6.07 Å². The second-order valence-electron chi connectivity index (χ2n) is 8.29. The number of benzene rings is 1. The Morgan fingerprint density at radius 1 is 1.07 bits per heavy atom. The van der Waals surface area contributed by atoms with Gasteiger partial charge in [-0.05, 0) is 62.6 Å². The molecule has 5 nitrogen and oxygen atoms in total. The van der Waals surface area contributed by atoms with Gasteiger partial charge >= 0.3 is 0 Å². The smallest absolute Gasteiger partial charge is 0.246 e. The molecule has 4 rings (SSSR count). The highest BCUT2D eigenvalue weighted by Crippen LogP contribution is 2.41. The van der Waals surface area contributed by atoms with Gasteiger partial charge in [-0.2, -0.15) is 0 Å². The molecule has 0 bridgehead atoms. The maximum absolute atomic E-state index is 13.0. The number of fused-ring (bicyclic) bond motifs is 1. The molecule has 3 aliphatic rings. The zero-order valence-corrected chi connectivity index (χ0v) is 18.9. The van der Waals surface area contributed by atoms with Gasteiger partial charge in [-0.15, -0.1) is 24.8 Å². The van der Waals surface area contributed by atoms with Crippen LogP contribution in [0.1, 0.15) is 50.5 Å². The highest BCUT2D eigenvalue weighted by molar-refractivity contribution is 6.30. The zero-order valence-electron chi connectivity index (χ0n) is 16.5. The van der Waals surface area contributed by atoms with Gasteiger partial charge in [0.1, 0.15) is 12.6 Å². The number of carbonyl (C=O) groups is 2. The van der Waals surface area contributed by atoms with E-state index in [1.807, 2.05) is 23.1 Å². The first-order valence-corrected chi connectivity index (χ1v) is 10.5. The predicted octanol–water partition coefficient (Wildman–Crippen LogP) is 3.55. The first-order chi connectivity index (χ1) is 13.0. The van der Waals surface area contributed by atoms with Crippen LogP contribution in [0.5, 0.6) is 0 Å². The van der Waals surface area contributed by atoms with E-state index in [4.69, 9.17) is 17.3 Å². The van der Waals surface area contributed by atoms with Crippen LogP contribution in [0.3, 0.4) is 0 Å². The van der Waals surface area contributed by atoms with Gasteiger partial charge < -0.3 is 15.5 Å². The van der Waals surface area contributed by atoms with E-state index < -0.39 is 0 Å². The fourth-order valence-electron chi connectivity index (χ4n) is 5.20. The maximum atomic E-state index is 13.0. The number of amides is 2. The summed E-state index contributed by atoms with van der Waals surface area (Å²) >= 11 is 6.20. The van der Waals surface area contributed by atoms with Gasteiger partial charge in [0.05, 0.1) is 0 Å². The third-order valence-corrected chi connectivity index (χ3v) is 7.11. The second-order valence-corrected chi connectivity index (χ2v) is 8.73. The highest BCUT2D eigenvalue weighted by atomic mass is 35.5. The number of nitrogens with zero attached hydrogens (tertiary/aromatic N) is 2. The van der Waals surface area contributed by atoms with Crippen molar-refractivity contribution in [1.82, 2.24) is 9.80 Å². The zero-order chi connectivity index (χ0) is 19.0. The van der Waals surface area contributed by atoms with E-state index in [1.165, 1.54) is 5.56 Å². The highest BCUT2D eigenvalue weighted by Gasteiger charge is 2.45. The number of hydrogen-bond donors (Lipinski definition) is 1.